The number of nitrogens with zero attached hydrogens (tertiary/aromatic N) is 4. The van der Waals surface area contributed by atoms with E-state index in [2.05, 4.69) is 43.9 Å². The second-order valence-electron chi connectivity index (χ2n) is 6.60. The molecule has 1 unspecified atom stereocenters. The van der Waals surface area contributed by atoms with Crippen molar-refractivity contribution in [2.45, 2.75) is 38.9 Å². The fourth-order valence-corrected chi connectivity index (χ4v) is 3.24. The maximum absolute atomic E-state index is 12.2. The molecule has 2 heterocycles. The Bertz CT molecular complexity index is 707. The molecule has 1 aliphatic rings. The van der Waals surface area contributed by atoms with Crippen LogP contribution in [0.5, 0.6) is 0 Å². The molecule has 0 radical (unpaired) electrons. The van der Waals surface area contributed by atoms with E-state index in [-0.39, 0.29) is 12.1 Å². The maximum atomic E-state index is 12.2. The molecular formula is C18H26N6O. The van der Waals surface area contributed by atoms with Gasteiger partial charge in [0.2, 0.25) is 0 Å². The molecule has 1 aromatic heterocycles. The van der Waals surface area contributed by atoms with Crippen molar-refractivity contribution in [3.8, 4) is 0 Å². The summed E-state index contributed by atoms with van der Waals surface area (Å²) in [6.07, 6.45) is 4.19. The zero-order valence-corrected chi connectivity index (χ0v) is 14.9. The Morgan fingerprint density at radius 3 is 2.64 bits per heavy atom. The number of aryl methyl sites for hydroxylation is 1. The Hall–Kier alpha value is -2.41. The lowest BCUT2D eigenvalue weighted by Gasteiger charge is -2.18. The minimum absolute atomic E-state index is 0.202. The zero-order valence-electron chi connectivity index (χ0n) is 14.9. The number of nitrogens with one attached hydrogen (secondary N) is 2. The first-order valence-electron chi connectivity index (χ1n) is 8.81. The van der Waals surface area contributed by atoms with Gasteiger partial charge in [0.15, 0.2) is 5.82 Å². The van der Waals surface area contributed by atoms with Gasteiger partial charge < -0.3 is 15.2 Å². The molecule has 3 rings (SSSR count). The molecule has 2 N–H and O–H groups in total. The predicted molar refractivity (Wildman–Crippen MR) is 95.7 cm³/mol. The quantitative estimate of drug-likeness (QED) is 0.842. The summed E-state index contributed by atoms with van der Waals surface area (Å²) in [6, 6.07) is 7.90. The van der Waals surface area contributed by atoms with Crippen LogP contribution in [0.25, 0.3) is 0 Å². The third kappa shape index (κ3) is 4.57. The molecule has 1 aromatic carbocycles. The van der Waals surface area contributed by atoms with Gasteiger partial charge in [-0.3, -0.25) is 4.90 Å². The monoisotopic (exact) mass is 342 g/mol. The first-order chi connectivity index (χ1) is 12.1. The van der Waals surface area contributed by atoms with Crippen molar-refractivity contribution in [2.24, 2.45) is 7.05 Å². The fraction of sp³-hybridized carbons (Fsp3) is 0.500. The van der Waals surface area contributed by atoms with Gasteiger partial charge in [0.25, 0.3) is 0 Å². The minimum Gasteiger partial charge on any atom is -0.334 e. The summed E-state index contributed by atoms with van der Waals surface area (Å²) < 4.78 is 1.80. The number of amides is 2. The Kier molecular flexibility index (Phi) is 5.65. The van der Waals surface area contributed by atoms with Crippen LogP contribution in [0.3, 0.4) is 0 Å². The first kappa shape index (κ1) is 17.4. The highest BCUT2D eigenvalue weighted by molar-refractivity contribution is 5.74. The van der Waals surface area contributed by atoms with Gasteiger partial charge in [-0.25, -0.2) is 4.79 Å². The molecule has 0 saturated carbocycles. The number of hydrogen-bond donors (Lipinski definition) is 2. The molecule has 2 amide bonds. The molecule has 7 heteroatoms. The normalized spacial score (nSPS) is 15.9. The lowest BCUT2D eigenvalue weighted by molar-refractivity contribution is 0.236. The van der Waals surface area contributed by atoms with Gasteiger partial charge >= 0.3 is 6.03 Å². The van der Waals surface area contributed by atoms with Gasteiger partial charge in [0.05, 0.1) is 6.04 Å². The van der Waals surface area contributed by atoms with E-state index >= 15 is 0 Å². The van der Waals surface area contributed by atoms with Crippen LogP contribution in [0.2, 0.25) is 0 Å². The van der Waals surface area contributed by atoms with E-state index in [1.165, 1.54) is 18.4 Å². The number of benzene rings is 1. The van der Waals surface area contributed by atoms with E-state index in [1.54, 1.807) is 10.9 Å². The molecule has 1 aliphatic heterocycles. The summed E-state index contributed by atoms with van der Waals surface area (Å²) in [4.78, 5) is 14.7. The van der Waals surface area contributed by atoms with Crippen LogP contribution in [0.1, 0.15) is 42.8 Å². The molecule has 1 fully saturated rings. The average molecular weight is 342 g/mol. The van der Waals surface area contributed by atoms with E-state index < -0.39 is 0 Å². The van der Waals surface area contributed by atoms with Gasteiger partial charge in [-0.05, 0) is 44.0 Å². The van der Waals surface area contributed by atoms with E-state index in [9.17, 15) is 4.79 Å². The third-order valence-corrected chi connectivity index (χ3v) is 4.63. The second kappa shape index (κ2) is 8.11. The molecule has 134 valence electrons. The Labute approximate surface area is 148 Å². The minimum atomic E-state index is -0.202. The largest absolute Gasteiger partial charge is 0.334 e. The first-order valence-corrected chi connectivity index (χ1v) is 8.81. The van der Waals surface area contributed by atoms with Gasteiger partial charge in [0, 0.05) is 20.1 Å². The fourth-order valence-electron chi connectivity index (χ4n) is 3.24. The molecule has 1 atom stereocenters. The number of rotatable bonds is 6. The number of likely N-dealkylation sites (tertiary alicyclic amines) is 1. The molecular weight excluding hydrogens is 316 g/mol. The van der Waals surface area contributed by atoms with Crippen LogP contribution in [-0.2, 0) is 20.1 Å². The molecule has 0 aliphatic carbocycles. The van der Waals surface area contributed by atoms with Crippen molar-refractivity contribution < 1.29 is 4.79 Å². The number of carbonyl (C=O) groups excluding carboxylic acids is 1. The van der Waals surface area contributed by atoms with Crippen LogP contribution in [-0.4, -0.2) is 38.8 Å². The SMILES string of the molecule is CC(NC(=O)NCc1ccccc1CN1CCCC1)c1nncn1C. The van der Waals surface area contributed by atoms with Crippen molar-refractivity contribution >= 4 is 6.03 Å². The van der Waals surface area contributed by atoms with E-state index in [1.807, 2.05) is 20.0 Å². The van der Waals surface area contributed by atoms with Gasteiger partial charge in [0.1, 0.15) is 6.33 Å². The number of hydrogen-bond acceptors (Lipinski definition) is 4. The lowest BCUT2D eigenvalue weighted by Crippen LogP contribution is -2.37. The second-order valence-corrected chi connectivity index (χ2v) is 6.60. The van der Waals surface area contributed by atoms with Crippen LogP contribution in [0, 0.1) is 0 Å². The highest BCUT2D eigenvalue weighted by atomic mass is 16.2. The molecule has 2 aromatic rings. The van der Waals surface area contributed by atoms with Crippen LogP contribution in [0.4, 0.5) is 4.79 Å². The van der Waals surface area contributed by atoms with Crippen molar-refractivity contribution in [1.29, 1.82) is 0 Å². The molecule has 0 bridgehead atoms. The van der Waals surface area contributed by atoms with Gasteiger partial charge in [-0.15, -0.1) is 10.2 Å². The van der Waals surface area contributed by atoms with Crippen molar-refractivity contribution in [3.05, 3.63) is 47.5 Å². The van der Waals surface area contributed by atoms with E-state index in [0.29, 0.717) is 6.54 Å². The van der Waals surface area contributed by atoms with Crippen molar-refractivity contribution in [2.75, 3.05) is 13.1 Å². The summed E-state index contributed by atoms with van der Waals surface area (Å²) in [5.74, 6) is 0.726. The van der Waals surface area contributed by atoms with Gasteiger partial charge in [-0.1, -0.05) is 24.3 Å². The predicted octanol–water partition coefficient (Wildman–Crippen LogP) is 1.97. The van der Waals surface area contributed by atoms with E-state index in [0.717, 1.165) is 31.0 Å². The smallest absolute Gasteiger partial charge is 0.315 e. The molecule has 7 nitrogen and oxygen atoms in total. The van der Waals surface area contributed by atoms with Crippen molar-refractivity contribution in [1.82, 2.24) is 30.3 Å². The van der Waals surface area contributed by atoms with E-state index in [4.69, 9.17) is 0 Å². The Morgan fingerprint density at radius 1 is 1.24 bits per heavy atom. The summed E-state index contributed by atoms with van der Waals surface area (Å²) in [5.41, 5.74) is 2.45. The summed E-state index contributed by atoms with van der Waals surface area (Å²) >= 11 is 0. The zero-order chi connectivity index (χ0) is 17.6. The van der Waals surface area contributed by atoms with Crippen molar-refractivity contribution in [3.63, 3.8) is 0 Å². The third-order valence-electron chi connectivity index (χ3n) is 4.63. The molecule has 25 heavy (non-hydrogen) atoms. The number of aromatic nitrogens is 3. The summed E-state index contributed by atoms with van der Waals surface area (Å²) in [6.45, 7) is 5.69. The Balaban J connectivity index is 1.54. The standard InChI is InChI=1S/C18H26N6O/c1-14(17-22-20-13-23(17)2)21-18(25)19-11-15-7-3-4-8-16(15)12-24-9-5-6-10-24/h3-4,7-8,13-14H,5-6,9-12H2,1-2H3,(H2,19,21,25). The van der Waals surface area contributed by atoms with Crippen LogP contribution < -0.4 is 10.6 Å². The van der Waals surface area contributed by atoms with Crippen LogP contribution >= 0.6 is 0 Å². The topological polar surface area (TPSA) is 75.1 Å². The average Bonchev–Trinajstić information content (AvgIpc) is 3.25. The molecule has 0 spiro atoms. The highest BCUT2D eigenvalue weighted by Gasteiger charge is 2.16. The summed E-state index contributed by atoms with van der Waals surface area (Å²) in [7, 11) is 1.86. The molecule has 1 saturated heterocycles. The number of urea groups is 1. The summed E-state index contributed by atoms with van der Waals surface area (Å²) in [5, 5.41) is 13.7. The van der Waals surface area contributed by atoms with Gasteiger partial charge in [-0.2, -0.15) is 0 Å². The number of carbonyl (C=O) groups is 1. The van der Waals surface area contributed by atoms with Crippen LogP contribution in [0.15, 0.2) is 30.6 Å². The lowest BCUT2D eigenvalue weighted by atomic mass is 10.1. The highest BCUT2D eigenvalue weighted by Crippen LogP contribution is 2.16. The maximum Gasteiger partial charge on any atom is 0.315 e. The Morgan fingerprint density at radius 2 is 1.96 bits per heavy atom.